The fraction of sp³-hybridized carbons (Fsp3) is 0.143. The summed E-state index contributed by atoms with van der Waals surface area (Å²) in [6, 6.07) is 55.6. The summed E-state index contributed by atoms with van der Waals surface area (Å²) in [5.74, 6) is 0. The molecular formula is C42H42OSn2. The van der Waals surface area contributed by atoms with Gasteiger partial charge in [0.2, 0.25) is 0 Å². The molecule has 6 aromatic carbocycles. The van der Waals surface area contributed by atoms with E-state index in [0.717, 1.165) is 0 Å². The molecule has 6 rings (SSSR count). The third-order valence-corrected chi connectivity index (χ3v) is 42.2. The average Bonchev–Trinajstić information content (AvgIpc) is 3.05. The Balaban J connectivity index is 1.78. The molecule has 0 aliphatic carbocycles. The quantitative estimate of drug-likeness (QED) is 0.167. The van der Waals surface area contributed by atoms with Gasteiger partial charge in [-0.2, -0.15) is 0 Å². The van der Waals surface area contributed by atoms with Crippen LogP contribution in [0.3, 0.4) is 0 Å². The molecule has 0 amide bonds. The fourth-order valence-corrected chi connectivity index (χ4v) is 48.6. The summed E-state index contributed by atoms with van der Waals surface area (Å²) < 4.78 is 16.7. The van der Waals surface area contributed by atoms with Gasteiger partial charge in [-0.3, -0.25) is 0 Å². The Morgan fingerprint density at radius 2 is 0.378 bits per heavy atom. The van der Waals surface area contributed by atoms with Crippen molar-refractivity contribution in [1.29, 1.82) is 0 Å². The van der Waals surface area contributed by atoms with Gasteiger partial charge in [0.05, 0.1) is 0 Å². The minimum absolute atomic E-state index is 1.26. The molecule has 0 bridgehead atoms. The third-order valence-electron chi connectivity index (χ3n) is 9.05. The van der Waals surface area contributed by atoms with Gasteiger partial charge in [-0.25, -0.2) is 0 Å². The number of rotatable bonds is 8. The van der Waals surface area contributed by atoms with E-state index in [1.165, 1.54) is 54.9 Å². The van der Waals surface area contributed by atoms with Gasteiger partial charge >= 0.3 is 281 Å². The van der Waals surface area contributed by atoms with Crippen molar-refractivity contribution in [2.45, 2.75) is 41.5 Å². The SMILES string of the molecule is Cc1cc[c]([Sn]([O][Sn]([c]2ccc(C)cc2)([c]2ccc(C)cc2)[c]2ccc(C)cc2)([c]2ccc(C)cc2)[c]2ccc(C)cc2)cc1. The van der Waals surface area contributed by atoms with Gasteiger partial charge in [0.15, 0.2) is 0 Å². The van der Waals surface area contributed by atoms with Crippen molar-refractivity contribution in [1.82, 2.24) is 0 Å². The van der Waals surface area contributed by atoms with Crippen LogP contribution in [-0.4, -0.2) is 37.6 Å². The molecule has 0 N–H and O–H groups in total. The zero-order valence-corrected chi connectivity index (χ0v) is 33.0. The number of benzene rings is 6. The second-order valence-corrected chi connectivity index (χ2v) is 34.8. The van der Waals surface area contributed by atoms with Crippen LogP contribution in [0.2, 0.25) is 0 Å². The standard InChI is InChI=1S/6C7H7.O.2Sn/c6*1-7-5-3-2-4-6-7;;;/h6*3-6H,1H3;;;. The number of aryl methyl sites for hydroxylation is 6. The summed E-state index contributed by atoms with van der Waals surface area (Å²) >= 11 is -8.56. The van der Waals surface area contributed by atoms with E-state index in [1.54, 1.807) is 0 Å². The predicted molar refractivity (Wildman–Crippen MR) is 197 cm³/mol. The van der Waals surface area contributed by atoms with Gasteiger partial charge in [0, 0.05) is 0 Å². The Labute approximate surface area is 278 Å². The fourth-order valence-electron chi connectivity index (χ4n) is 6.31. The maximum atomic E-state index is 8.60. The van der Waals surface area contributed by atoms with Crippen LogP contribution >= 0.6 is 0 Å². The van der Waals surface area contributed by atoms with E-state index in [4.69, 9.17) is 1.41 Å². The van der Waals surface area contributed by atoms with E-state index in [2.05, 4.69) is 187 Å². The topological polar surface area (TPSA) is 9.23 Å². The molecule has 1 nitrogen and oxygen atoms in total. The third kappa shape index (κ3) is 6.32. The Bertz CT molecular complexity index is 1510. The summed E-state index contributed by atoms with van der Waals surface area (Å²) in [6.45, 7) is 13.0. The Hall–Kier alpha value is -3.12. The van der Waals surface area contributed by atoms with Crippen LogP contribution in [0.15, 0.2) is 146 Å². The van der Waals surface area contributed by atoms with Gasteiger partial charge < -0.3 is 0 Å². The van der Waals surface area contributed by atoms with Gasteiger partial charge in [0.1, 0.15) is 0 Å². The van der Waals surface area contributed by atoms with Crippen LogP contribution < -0.4 is 21.5 Å². The van der Waals surface area contributed by atoms with Crippen LogP contribution in [-0.2, 0) is 1.41 Å². The summed E-state index contributed by atoms with van der Waals surface area (Å²) in [4.78, 5) is 0. The second kappa shape index (κ2) is 13.3. The molecule has 0 spiro atoms. The van der Waals surface area contributed by atoms with E-state index in [1.807, 2.05) is 0 Å². The molecule has 0 aromatic heterocycles. The molecule has 0 atom stereocenters. The second-order valence-electron chi connectivity index (χ2n) is 12.7. The summed E-state index contributed by atoms with van der Waals surface area (Å²) in [5.41, 5.74) is 7.57. The summed E-state index contributed by atoms with van der Waals surface area (Å²) in [5, 5.41) is 0. The van der Waals surface area contributed by atoms with Gasteiger partial charge in [-0.1, -0.05) is 0 Å². The van der Waals surface area contributed by atoms with Crippen molar-refractivity contribution in [2.75, 3.05) is 0 Å². The molecule has 45 heavy (non-hydrogen) atoms. The van der Waals surface area contributed by atoms with Crippen LogP contribution in [0, 0.1) is 41.5 Å². The average molecular weight is 800 g/mol. The predicted octanol–water partition coefficient (Wildman–Crippen LogP) is 6.19. The van der Waals surface area contributed by atoms with Gasteiger partial charge in [-0.05, 0) is 0 Å². The monoisotopic (exact) mass is 802 g/mol. The Morgan fingerprint density at radius 1 is 0.244 bits per heavy atom. The van der Waals surface area contributed by atoms with Crippen LogP contribution in [0.5, 0.6) is 0 Å². The molecule has 0 aliphatic heterocycles. The Morgan fingerprint density at radius 3 is 0.511 bits per heavy atom. The van der Waals surface area contributed by atoms with Crippen molar-refractivity contribution in [2.24, 2.45) is 0 Å². The molecule has 0 saturated carbocycles. The number of hydrogen-bond donors (Lipinski definition) is 0. The van der Waals surface area contributed by atoms with Crippen molar-refractivity contribution in [3.8, 4) is 0 Å². The summed E-state index contributed by atoms with van der Waals surface area (Å²) in [6.07, 6.45) is 0. The van der Waals surface area contributed by atoms with Crippen molar-refractivity contribution in [3.05, 3.63) is 179 Å². The molecule has 6 aromatic rings. The maximum absolute atomic E-state index is 8.60. The zero-order chi connectivity index (χ0) is 31.6. The van der Waals surface area contributed by atoms with Crippen LogP contribution in [0.4, 0.5) is 0 Å². The molecule has 3 heteroatoms. The Kier molecular flexibility index (Phi) is 9.42. The van der Waals surface area contributed by atoms with E-state index in [9.17, 15) is 0 Å². The first-order valence-corrected chi connectivity index (χ1v) is 26.7. The number of hydrogen-bond acceptors (Lipinski definition) is 1. The first-order chi connectivity index (χ1) is 21.7. The molecule has 0 radical (unpaired) electrons. The van der Waals surface area contributed by atoms with Gasteiger partial charge in [-0.15, -0.1) is 0 Å². The molecule has 0 unspecified atom stereocenters. The van der Waals surface area contributed by atoms with Crippen molar-refractivity contribution < 1.29 is 1.41 Å². The van der Waals surface area contributed by atoms with Crippen LogP contribution in [0.25, 0.3) is 0 Å². The molecule has 224 valence electrons. The summed E-state index contributed by atoms with van der Waals surface area (Å²) in [7, 11) is 0. The van der Waals surface area contributed by atoms with E-state index in [-0.39, 0.29) is 0 Å². The molecular weight excluding hydrogens is 758 g/mol. The van der Waals surface area contributed by atoms with Crippen LogP contribution in [0.1, 0.15) is 33.4 Å². The van der Waals surface area contributed by atoms with E-state index >= 15 is 0 Å². The molecule has 0 fully saturated rings. The van der Waals surface area contributed by atoms with E-state index < -0.39 is 37.6 Å². The van der Waals surface area contributed by atoms with Gasteiger partial charge in [0.25, 0.3) is 0 Å². The van der Waals surface area contributed by atoms with E-state index in [0.29, 0.717) is 0 Å². The minimum atomic E-state index is -4.28. The van der Waals surface area contributed by atoms with Crippen molar-refractivity contribution >= 4 is 59.1 Å². The zero-order valence-electron chi connectivity index (χ0n) is 27.3. The normalized spacial score (nSPS) is 11.9. The molecule has 0 heterocycles. The molecule has 0 aliphatic rings. The first kappa shape index (κ1) is 31.8. The first-order valence-electron chi connectivity index (χ1n) is 15.8. The molecule has 0 saturated heterocycles. The van der Waals surface area contributed by atoms with Crippen molar-refractivity contribution in [3.63, 3.8) is 0 Å².